The van der Waals surface area contributed by atoms with Gasteiger partial charge < -0.3 is 9.52 Å². The molecule has 0 amide bonds. The first-order valence-electron chi connectivity index (χ1n) is 4.56. The van der Waals surface area contributed by atoms with Gasteiger partial charge in [0.1, 0.15) is 6.10 Å². The molecule has 0 saturated carbocycles. The average molecular weight is 307 g/mol. The SMILES string of the molecule is OC(c1cc(F)c(F)c(F)c1)c1occc1Br. The molecule has 0 aliphatic rings. The highest BCUT2D eigenvalue weighted by atomic mass is 79.9. The van der Waals surface area contributed by atoms with Gasteiger partial charge >= 0.3 is 0 Å². The molecular formula is C11H6BrF3O2. The molecule has 0 aliphatic carbocycles. The van der Waals surface area contributed by atoms with E-state index in [2.05, 4.69) is 15.9 Å². The van der Waals surface area contributed by atoms with Gasteiger partial charge in [0.15, 0.2) is 23.2 Å². The molecule has 6 heteroatoms. The maximum Gasteiger partial charge on any atom is 0.194 e. The highest BCUT2D eigenvalue weighted by Gasteiger charge is 2.20. The third-order valence-electron chi connectivity index (χ3n) is 2.21. The van der Waals surface area contributed by atoms with Crippen molar-refractivity contribution >= 4 is 15.9 Å². The second-order valence-electron chi connectivity index (χ2n) is 3.33. The minimum absolute atomic E-state index is 0.0930. The van der Waals surface area contributed by atoms with Gasteiger partial charge in [0, 0.05) is 0 Å². The molecule has 0 fully saturated rings. The van der Waals surface area contributed by atoms with Crippen LogP contribution in [0.3, 0.4) is 0 Å². The van der Waals surface area contributed by atoms with E-state index in [1.807, 2.05) is 0 Å². The number of rotatable bonds is 2. The van der Waals surface area contributed by atoms with E-state index >= 15 is 0 Å². The molecule has 1 unspecified atom stereocenters. The molecular weight excluding hydrogens is 301 g/mol. The zero-order chi connectivity index (χ0) is 12.6. The zero-order valence-electron chi connectivity index (χ0n) is 8.25. The van der Waals surface area contributed by atoms with Gasteiger partial charge in [-0.2, -0.15) is 0 Å². The Balaban J connectivity index is 2.45. The first kappa shape index (κ1) is 12.2. The quantitative estimate of drug-likeness (QED) is 0.861. The lowest BCUT2D eigenvalue weighted by Gasteiger charge is -2.09. The molecule has 1 aromatic heterocycles. The Bertz CT molecular complexity index is 530. The van der Waals surface area contributed by atoms with Gasteiger partial charge in [-0.1, -0.05) is 0 Å². The molecule has 17 heavy (non-hydrogen) atoms. The number of furan rings is 1. The Morgan fingerprint density at radius 1 is 1.18 bits per heavy atom. The van der Waals surface area contributed by atoms with Crippen LogP contribution in [0.1, 0.15) is 17.4 Å². The summed E-state index contributed by atoms with van der Waals surface area (Å²) in [5, 5.41) is 9.82. The fourth-order valence-corrected chi connectivity index (χ4v) is 1.80. The van der Waals surface area contributed by atoms with Crippen LogP contribution in [0.25, 0.3) is 0 Å². The third kappa shape index (κ3) is 2.23. The predicted molar refractivity (Wildman–Crippen MR) is 56.8 cm³/mol. The first-order valence-corrected chi connectivity index (χ1v) is 5.35. The summed E-state index contributed by atoms with van der Waals surface area (Å²) in [6.07, 6.45) is -0.0669. The molecule has 1 heterocycles. The molecule has 90 valence electrons. The fraction of sp³-hybridized carbons (Fsp3) is 0.0909. The lowest BCUT2D eigenvalue weighted by molar-refractivity contribution is 0.187. The van der Waals surface area contributed by atoms with Crippen LogP contribution in [0.5, 0.6) is 0 Å². The van der Waals surface area contributed by atoms with Crippen LogP contribution in [-0.2, 0) is 0 Å². The van der Waals surface area contributed by atoms with Crippen molar-refractivity contribution in [1.82, 2.24) is 0 Å². The molecule has 1 aromatic carbocycles. The van der Waals surface area contributed by atoms with Crippen molar-refractivity contribution < 1.29 is 22.7 Å². The van der Waals surface area contributed by atoms with Crippen molar-refractivity contribution in [3.05, 3.63) is 57.7 Å². The van der Waals surface area contributed by atoms with Gasteiger partial charge in [0.25, 0.3) is 0 Å². The summed E-state index contributed by atoms with van der Waals surface area (Å²) in [6.45, 7) is 0. The van der Waals surface area contributed by atoms with Gasteiger partial charge in [0.05, 0.1) is 10.7 Å². The summed E-state index contributed by atoms with van der Waals surface area (Å²) in [5.41, 5.74) is -0.128. The maximum absolute atomic E-state index is 13.0. The van der Waals surface area contributed by atoms with Crippen LogP contribution in [0.15, 0.2) is 33.4 Å². The van der Waals surface area contributed by atoms with Crippen LogP contribution in [0.2, 0.25) is 0 Å². The van der Waals surface area contributed by atoms with E-state index in [0.29, 0.717) is 4.47 Å². The van der Waals surface area contributed by atoms with E-state index in [-0.39, 0.29) is 11.3 Å². The Labute approximate surface area is 103 Å². The summed E-state index contributed by atoms with van der Waals surface area (Å²) in [6, 6.07) is 2.96. The summed E-state index contributed by atoms with van der Waals surface area (Å²) in [4.78, 5) is 0. The summed E-state index contributed by atoms with van der Waals surface area (Å²) in [5.74, 6) is -4.20. The Morgan fingerprint density at radius 2 is 1.76 bits per heavy atom. The van der Waals surface area contributed by atoms with Gasteiger partial charge in [-0.25, -0.2) is 13.2 Å². The van der Waals surface area contributed by atoms with Crippen LogP contribution in [-0.4, -0.2) is 5.11 Å². The Hall–Kier alpha value is -1.27. The molecule has 0 spiro atoms. The van der Waals surface area contributed by atoms with Crippen LogP contribution >= 0.6 is 15.9 Å². The number of hydrogen-bond donors (Lipinski definition) is 1. The summed E-state index contributed by atoms with van der Waals surface area (Å²) >= 11 is 3.10. The van der Waals surface area contributed by atoms with Crippen molar-refractivity contribution in [2.45, 2.75) is 6.10 Å². The lowest BCUT2D eigenvalue weighted by Crippen LogP contribution is -2.02. The Morgan fingerprint density at radius 3 is 2.24 bits per heavy atom. The van der Waals surface area contributed by atoms with Crippen LogP contribution in [0, 0.1) is 17.5 Å². The summed E-state index contributed by atoms with van der Waals surface area (Å²) < 4.78 is 44.1. The van der Waals surface area contributed by atoms with E-state index in [4.69, 9.17) is 4.42 Å². The largest absolute Gasteiger partial charge is 0.465 e. The summed E-state index contributed by atoms with van der Waals surface area (Å²) in [7, 11) is 0. The third-order valence-corrected chi connectivity index (χ3v) is 2.87. The van der Waals surface area contributed by atoms with Crippen LogP contribution in [0.4, 0.5) is 13.2 Å². The lowest BCUT2D eigenvalue weighted by atomic mass is 10.1. The highest BCUT2D eigenvalue weighted by Crippen LogP contribution is 2.30. The zero-order valence-corrected chi connectivity index (χ0v) is 9.84. The number of aliphatic hydroxyl groups excluding tert-OH is 1. The topological polar surface area (TPSA) is 33.4 Å². The molecule has 2 rings (SSSR count). The van der Waals surface area contributed by atoms with Gasteiger partial charge in [-0.15, -0.1) is 0 Å². The van der Waals surface area contributed by atoms with Gasteiger partial charge in [0.2, 0.25) is 0 Å². The molecule has 2 nitrogen and oxygen atoms in total. The van der Waals surface area contributed by atoms with Gasteiger partial charge in [-0.05, 0) is 39.7 Å². The van der Waals surface area contributed by atoms with Crippen molar-refractivity contribution in [2.24, 2.45) is 0 Å². The second kappa shape index (κ2) is 4.54. The van der Waals surface area contributed by atoms with E-state index in [1.165, 1.54) is 12.3 Å². The van der Waals surface area contributed by atoms with E-state index < -0.39 is 23.6 Å². The smallest absolute Gasteiger partial charge is 0.194 e. The van der Waals surface area contributed by atoms with E-state index in [0.717, 1.165) is 12.1 Å². The normalized spacial score (nSPS) is 12.8. The van der Waals surface area contributed by atoms with Crippen molar-refractivity contribution in [2.75, 3.05) is 0 Å². The number of benzene rings is 1. The fourth-order valence-electron chi connectivity index (χ4n) is 1.38. The maximum atomic E-state index is 13.0. The van der Waals surface area contributed by atoms with E-state index in [1.54, 1.807) is 0 Å². The molecule has 0 bridgehead atoms. The minimum atomic E-state index is -1.57. The average Bonchev–Trinajstić information content (AvgIpc) is 2.70. The second-order valence-corrected chi connectivity index (χ2v) is 4.19. The minimum Gasteiger partial charge on any atom is -0.465 e. The molecule has 1 atom stereocenters. The molecule has 2 aromatic rings. The van der Waals surface area contributed by atoms with Crippen molar-refractivity contribution in [3.63, 3.8) is 0 Å². The monoisotopic (exact) mass is 306 g/mol. The number of hydrogen-bond acceptors (Lipinski definition) is 2. The molecule has 0 aliphatic heterocycles. The van der Waals surface area contributed by atoms with E-state index in [9.17, 15) is 18.3 Å². The van der Waals surface area contributed by atoms with Crippen molar-refractivity contribution in [1.29, 1.82) is 0 Å². The molecule has 0 radical (unpaired) electrons. The van der Waals surface area contributed by atoms with Gasteiger partial charge in [-0.3, -0.25) is 0 Å². The van der Waals surface area contributed by atoms with Crippen molar-refractivity contribution in [3.8, 4) is 0 Å². The number of halogens is 4. The molecule has 0 saturated heterocycles. The van der Waals surface area contributed by atoms with Crippen LogP contribution < -0.4 is 0 Å². The number of aliphatic hydroxyl groups is 1. The highest BCUT2D eigenvalue weighted by molar-refractivity contribution is 9.10. The standard InChI is InChI=1S/C11H6BrF3O2/c12-6-1-2-17-11(6)10(16)5-3-7(13)9(15)8(14)4-5/h1-4,10,16H. The first-order chi connectivity index (χ1) is 8.00. The predicted octanol–water partition coefficient (Wildman–Crippen LogP) is 3.54. The molecule has 1 N–H and O–H groups in total. The Kier molecular flexibility index (Phi) is 3.26.